The number of hydrogen-bond donors (Lipinski definition) is 4. The van der Waals surface area contributed by atoms with Crippen LogP contribution < -0.4 is 21.9 Å². The molecule has 1 fully saturated rings. The van der Waals surface area contributed by atoms with Crippen molar-refractivity contribution in [1.82, 2.24) is 9.97 Å². The Morgan fingerprint density at radius 1 is 1.22 bits per heavy atom. The molecule has 18 heavy (non-hydrogen) atoms. The van der Waals surface area contributed by atoms with Crippen molar-refractivity contribution in [3.63, 3.8) is 0 Å². The van der Waals surface area contributed by atoms with Gasteiger partial charge in [-0.05, 0) is 18.8 Å². The number of rotatable bonds is 1. The molecule has 1 aromatic heterocycles. The maximum absolute atomic E-state index is 11.8. The summed E-state index contributed by atoms with van der Waals surface area (Å²) in [6.45, 7) is 0.813. The summed E-state index contributed by atoms with van der Waals surface area (Å²) in [5.74, 6) is 1.38. The lowest BCUT2D eigenvalue weighted by Crippen LogP contribution is -2.42. The molecule has 0 spiro atoms. The van der Waals surface area contributed by atoms with Crippen molar-refractivity contribution >= 4 is 17.5 Å². The van der Waals surface area contributed by atoms with Gasteiger partial charge in [0.15, 0.2) is 5.82 Å². The van der Waals surface area contributed by atoms with Crippen molar-refractivity contribution < 1.29 is 0 Å². The maximum atomic E-state index is 11.8. The Hall–Kier alpha value is -1.72. The van der Waals surface area contributed by atoms with Crippen LogP contribution in [0.4, 0.5) is 17.5 Å². The Kier molecular flexibility index (Phi) is 2.85. The minimum Gasteiger partial charge on any atom is -0.373 e. The van der Waals surface area contributed by atoms with Crippen molar-refractivity contribution in [2.75, 3.05) is 22.9 Å². The average molecular weight is 249 g/mol. The number of fused-ring (bicyclic) bond motifs is 1. The molecule has 5 N–H and O–H groups in total. The first-order chi connectivity index (χ1) is 8.74. The normalized spacial score (nSPS) is 23.9. The summed E-state index contributed by atoms with van der Waals surface area (Å²) in [6, 6.07) is 0.323. The molecule has 0 aromatic carbocycles. The van der Waals surface area contributed by atoms with Crippen LogP contribution in [-0.2, 0) is 0 Å². The first-order valence-corrected chi connectivity index (χ1v) is 6.64. The number of hydrogen-bond acceptors (Lipinski definition) is 5. The summed E-state index contributed by atoms with van der Waals surface area (Å²) < 4.78 is 0. The predicted octanol–water partition coefficient (Wildman–Crippen LogP) is 1.14. The van der Waals surface area contributed by atoms with Crippen molar-refractivity contribution in [3.8, 4) is 0 Å². The third-order valence-corrected chi connectivity index (χ3v) is 3.98. The van der Waals surface area contributed by atoms with E-state index in [0.717, 1.165) is 6.54 Å². The number of H-pyrrole nitrogens is 1. The largest absolute Gasteiger partial charge is 0.373 e. The molecule has 1 atom stereocenters. The van der Waals surface area contributed by atoms with Crippen molar-refractivity contribution in [3.05, 3.63) is 10.4 Å². The fourth-order valence-electron chi connectivity index (χ4n) is 3.02. The van der Waals surface area contributed by atoms with Gasteiger partial charge in [0.05, 0.1) is 0 Å². The predicted molar refractivity (Wildman–Crippen MR) is 71.7 cm³/mol. The molecule has 0 saturated heterocycles. The Balaban J connectivity index is 1.82. The van der Waals surface area contributed by atoms with Gasteiger partial charge in [-0.3, -0.25) is 9.78 Å². The Labute approximate surface area is 105 Å². The standard InChI is InChI=1S/C12H19N5O/c13-12-16-10-9(11(18)17-12)15-8(6-14-10)7-4-2-1-3-5-7/h7-8,15H,1-6H2,(H4,13,14,16,17,18). The summed E-state index contributed by atoms with van der Waals surface area (Å²) in [4.78, 5) is 18.5. The number of nitrogens with one attached hydrogen (secondary N) is 3. The summed E-state index contributed by atoms with van der Waals surface area (Å²) >= 11 is 0. The zero-order valence-corrected chi connectivity index (χ0v) is 10.3. The van der Waals surface area contributed by atoms with Gasteiger partial charge in [-0.15, -0.1) is 0 Å². The summed E-state index contributed by atoms with van der Waals surface area (Å²) in [5.41, 5.74) is 5.87. The fourth-order valence-corrected chi connectivity index (χ4v) is 3.02. The van der Waals surface area contributed by atoms with Gasteiger partial charge in [-0.25, -0.2) is 0 Å². The second kappa shape index (κ2) is 4.51. The minimum absolute atomic E-state index is 0.157. The lowest BCUT2D eigenvalue weighted by atomic mass is 9.83. The van der Waals surface area contributed by atoms with E-state index in [9.17, 15) is 4.79 Å². The molecular weight excluding hydrogens is 230 g/mol. The van der Waals surface area contributed by atoms with Crippen LogP contribution in [0.15, 0.2) is 4.79 Å². The van der Waals surface area contributed by atoms with E-state index < -0.39 is 0 Å². The highest BCUT2D eigenvalue weighted by Crippen LogP contribution is 2.31. The van der Waals surface area contributed by atoms with Gasteiger partial charge in [0.25, 0.3) is 5.56 Å². The average Bonchev–Trinajstić information content (AvgIpc) is 2.39. The molecular formula is C12H19N5O. The third-order valence-electron chi connectivity index (χ3n) is 3.98. The van der Waals surface area contributed by atoms with E-state index in [0.29, 0.717) is 23.5 Å². The molecule has 6 heteroatoms. The van der Waals surface area contributed by atoms with Crippen LogP contribution in [-0.4, -0.2) is 22.6 Å². The van der Waals surface area contributed by atoms with Crippen LogP contribution in [0.2, 0.25) is 0 Å². The fraction of sp³-hybridized carbons (Fsp3) is 0.667. The van der Waals surface area contributed by atoms with Crippen LogP contribution in [0, 0.1) is 5.92 Å². The third kappa shape index (κ3) is 2.02. The highest BCUT2D eigenvalue weighted by Gasteiger charge is 2.28. The van der Waals surface area contributed by atoms with Crippen LogP contribution in [0.5, 0.6) is 0 Å². The smallest absolute Gasteiger partial charge is 0.277 e. The summed E-state index contributed by atoms with van der Waals surface area (Å²) in [5, 5.41) is 6.56. The Bertz CT molecular complexity index is 492. The highest BCUT2D eigenvalue weighted by atomic mass is 16.1. The number of aromatic amines is 1. The molecule has 2 heterocycles. The molecule has 1 saturated carbocycles. The molecule has 6 nitrogen and oxygen atoms in total. The molecule has 0 radical (unpaired) electrons. The summed E-state index contributed by atoms with van der Waals surface area (Å²) in [6.07, 6.45) is 6.42. The first-order valence-electron chi connectivity index (χ1n) is 6.64. The van der Waals surface area contributed by atoms with Crippen LogP contribution in [0.3, 0.4) is 0 Å². The zero-order chi connectivity index (χ0) is 12.5. The van der Waals surface area contributed by atoms with Gasteiger partial charge >= 0.3 is 0 Å². The van der Waals surface area contributed by atoms with Crippen LogP contribution >= 0.6 is 0 Å². The molecule has 1 aliphatic heterocycles. The number of anilines is 3. The van der Waals surface area contributed by atoms with E-state index in [2.05, 4.69) is 20.6 Å². The molecule has 1 unspecified atom stereocenters. The first kappa shape index (κ1) is 11.4. The van der Waals surface area contributed by atoms with Crippen molar-refractivity contribution in [1.29, 1.82) is 0 Å². The summed E-state index contributed by atoms with van der Waals surface area (Å²) in [7, 11) is 0. The van der Waals surface area contributed by atoms with E-state index in [1.165, 1.54) is 32.1 Å². The molecule has 3 rings (SSSR count). The number of nitrogens with two attached hydrogens (primary N) is 1. The van der Waals surface area contributed by atoms with Gasteiger partial charge < -0.3 is 16.4 Å². The number of nitrogens with zero attached hydrogens (tertiary/aromatic N) is 1. The second-order valence-corrected chi connectivity index (χ2v) is 5.20. The number of nitrogen functional groups attached to an aromatic ring is 1. The van der Waals surface area contributed by atoms with Gasteiger partial charge in [0, 0.05) is 12.6 Å². The van der Waals surface area contributed by atoms with Crippen LogP contribution in [0.1, 0.15) is 32.1 Å². The second-order valence-electron chi connectivity index (χ2n) is 5.20. The minimum atomic E-state index is -0.189. The van der Waals surface area contributed by atoms with Crippen molar-refractivity contribution in [2.24, 2.45) is 5.92 Å². The van der Waals surface area contributed by atoms with E-state index >= 15 is 0 Å². The maximum Gasteiger partial charge on any atom is 0.277 e. The molecule has 0 amide bonds. The topological polar surface area (TPSA) is 95.8 Å². The van der Waals surface area contributed by atoms with E-state index in [4.69, 9.17) is 5.73 Å². The lowest BCUT2D eigenvalue weighted by Gasteiger charge is -2.35. The van der Waals surface area contributed by atoms with Gasteiger partial charge in [-0.1, -0.05) is 19.3 Å². The molecule has 1 aromatic rings. The molecule has 1 aliphatic carbocycles. The zero-order valence-electron chi connectivity index (χ0n) is 10.3. The van der Waals surface area contributed by atoms with Gasteiger partial charge in [0.2, 0.25) is 5.95 Å². The van der Waals surface area contributed by atoms with Crippen molar-refractivity contribution in [2.45, 2.75) is 38.1 Å². The SMILES string of the molecule is Nc1nc2c(c(=O)[nH]1)NC(C1CCCCC1)CN2. The number of aromatic nitrogens is 2. The Morgan fingerprint density at radius 3 is 2.78 bits per heavy atom. The molecule has 2 aliphatic rings. The quantitative estimate of drug-likeness (QED) is 0.598. The van der Waals surface area contributed by atoms with Gasteiger partial charge in [0.1, 0.15) is 5.69 Å². The van der Waals surface area contributed by atoms with E-state index in [1.807, 2.05) is 0 Å². The van der Waals surface area contributed by atoms with E-state index in [-0.39, 0.29) is 11.5 Å². The molecule has 98 valence electrons. The van der Waals surface area contributed by atoms with Gasteiger partial charge in [-0.2, -0.15) is 4.98 Å². The lowest BCUT2D eigenvalue weighted by molar-refractivity contribution is 0.322. The van der Waals surface area contributed by atoms with Crippen LogP contribution in [0.25, 0.3) is 0 Å². The highest BCUT2D eigenvalue weighted by molar-refractivity contribution is 5.67. The van der Waals surface area contributed by atoms with E-state index in [1.54, 1.807) is 0 Å². The Morgan fingerprint density at radius 2 is 2.00 bits per heavy atom. The molecule has 0 bridgehead atoms. The monoisotopic (exact) mass is 249 g/mol.